The van der Waals surface area contributed by atoms with Crippen LogP contribution in [0.5, 0.6) is 0 Å². The van der Waals surface area contributed by atoms with Crippen molar-refractivity contribution in [3.05, 3.63) is 28.2 Å². The summed E-state index contributed by atoms with van der Waals surface area (Å²) in [6.45, 7) is 2.32. The Bertz CT molecular complexity index is 386. The van der Waals surface area contributed by atoms with E-state index in [1.807, 2.05) is 0 Å². The van der Waals surface area contributed by atoms with Gasteiger partial charge in [0, 0.05) is 24.0 Å². The van der Waals surface area contributed by atoms with Gasteiger partial charge < -0.3 is 9.69 Å². The first kappa shape index (κ1) is 12.6. The Morgan fingerprint density at radius 3 is 2.65 bits per heavy atom. The highest BCUT2D eigenvalue weighted by Crippen LogP contribution is 2.29. The van der Waals surface area contributed by atoms with Gasteiger partial charge in [-0.15, -0.1) is 0 Å². The second-order valence-corrected chi connectivity index (χ2v) is 5.39. The van der Waals surface area contributed by atoms with Crippen LogP contribution in [0.4, 0.5) is 5.69 Å². The fourth-order valence-electron chi connectivity index (χ4n) is 2.32. The van der Waals surface area contributed by atoms with Crippen LogP contribution in [0, 0.1) is 0 Å². The molecule has 1 fully saturated rings. The molecule has 0 atom stereocenters. The van der Waals surface area contributed by atoms with Crippen LogP contribution in [0.1, 0.15) is 31.2 Å². The van der Waals surface area contributed by atoms with Crippen LogP contribution in [0.15, 0.2) is 22.7 Å². The molecule has 0 radical (unpaired) electrons. The summed E-state index contributed by atoms with van der Waals surface area (Å²) in [5.41, 5.74) is 2.52. The number of aryl methyl sites for hydroxylation is 1. The van der Waals surface area contributed by atoms with Gasteiger partial charge in [-0.05, 0) is 59.3 Å². The van der Waals surface area contributed by atoms with Crippen molar-refractivity contribution in [2.24, 2.45) is 0 Å². The maximum Gasteiger partial charge on any atom is 0.120 e. The number of anilines is 1. The van der Waals surface area contributed by atoms with Gasteiger partial charge in [0.1, 0.15) is 6.29 Å². The second-order valence-electron chi connectivity index (χ2n) is 4.54. The van der Waals surface area contributed by atoms with Crippen molar-refractivity contribution in [2.75, 3.05) is 18.0 Å². The number of hydrogen-bond acceptors (Lipinski definition) is 2. The van der Waals surface area contributed by atoms with Crippen molar-refractivity contribution in [1.82, 2.24) is 0 Å². The molecule has 0 N–H and O–H groups in total. The minimum Gasteiger partial charge on any atom is -0.371 e. The van der Waals surface area contributed by atoms with Gasteiger partial charge in [-0.1, -0.05) is 6.07 Å². The number of carbonyl (C=O) groups excluding carboxylic acids is 1. The Morgan fingerprint density at radius 2 is 2.00 bits per heavy atom. The number of hydrogen-bond donors (Lipinski definition) is 0. The molecule has 1 aromatic rings. The fraction of sp³-hybridized carbons (Fsp3) is 0.500. The molecule has 1 aliphatic rings. The molecule has 2 nitrogen and oxygen atoms in total. The monoisotopic (exact) mass is 295 g/mol. The maximum atomic E-state index is 10.4. The SMILES string of the molecule is O=CCCc1ccc(N2CCCCC2)c(Br)c1. The van der Waals surface area contributed by atoms with Crippen LogP contribution in [0.25, 0.3) is 0 Å². The first-order valence-corrected chi connectivity index (χ1v) is 7.07. The van der Waals surface area contributed by atoms with Gasteiger partial charge in [-0.3, -0.25) is 0 Å². The molecule has 0 saturated carbocycles. The summed E-state index contributed by atoms with van der Waals surface area (Å²) in [7, 11) is 0. The molecule has 2 rings (SSSR count). The van der Waals surface area contributed by atoms with Gasteiger partial charge >= 0.3 is 0 Å². The van der Waals surface area contributed by atoms with Crippen LogP contribution >= 0.6 is 15.9 Å². The predicted octanol–water partition coefficient (Wildman–Crippen LogP) is 3.57. The van der Waals surface area contributed by atoms with Gasteiger partial charge in [-0.25, -0.2) is 0 Å². The van der Waals surface area contributed by atoms with E-state index in [-0.39, 0.29) is 0 Å². The summed E-state index contributed by atoms with van der Waals surface area (Å²) in [4.78, 5) is 12.8. The summed E-state index contributed by atoms with van der Waals surface area (Å²) in [5.74, 6) is 0. The van der Waals surface area contributed by atoms with E-state index in [9.17, 15) is 4.79 Å². The Labute approximate surface area is 111 Å². The number of aldehydes is 1. The highest BCUT2D eigenvalue weighted by atomic mass is 79.9. The molecular weight excluding hydrogens is 278 g/mol. The summed E-state index contributed by atoms with van der Waals surface area (Å²) in [6, 6.07) is 6.46. The third kappa shape index (κ3) is 3.32. The molecule has 0 amide bonds. The standard InChI is InChI=1S/C14H18BrNO/c15-13-11-12(5-4-10-17)6-7-14(13)16-8-2-1-3-9-16/h6-7,10-11H,1-5,8-9H2. The largest absolute Gasteiger partial charge is 0.371 e. The molecule has 0 aromatic heterocycles. The number of carbonyl (C=O) groups is 1. The van der Waals surface area contributed by atoms with Crippen molar-refractivity contribution in [3.63, 3.8) is 0 Å². The molecule has 1 aromatic carbocycles. The minimum absolute atomic E-state index is 0.607. The van der Waals surface area contributed by atoms with Crippen LogP contribution in [0.3, 0.4) is 0 Å². The molecular formula is C14H18BrNO. The summed E-state index contributed by atoms with van der Waals surface area (Å²) in [5, 5.41) is 0. The van der Waals surface area contributed by atoms with Crippen molar-refractivity contribution in [2.45, 2.75) is 32.1 Å². The highest BCUT2D eigenvalue weighted by Gasteiger charge is 2.13. The van der Waals surface area contributed by atoms with E-state index in [2.05, 4.69) is 39.0 Å². The average molecular weight is 296 g/mol. The Morgan fingerprint density at radius 1 is 1.24 bits per heavy atom. The lowest BCUT2D eigenvalue weighted by molar-refractivity contribution is -0.107. The van der Waals surface area contributed by atoms with E-state index in [1.165, 1.54) is 30.5 Å². The van der Waals surface area contributed by atoms with Crippen molar-refractivity contribution < 1.29 is 4.79 Å². The quantitative estimate of drug-likeness (QED) is 0.792. The van der Waals surface area contributed by atoms with Crippen molar-refractivity contribution >= 4 is 27.9 Å². The Balaban J connectivity index is 2.10. The van der Waals surface area contributed by atoms with Crippen molar-refractivity contribution in [1.29, 1.82) is 0 Å². The summed E-state index contributed by atoms with van der Waals surface area (Å²) >= 11 is 3.64. The van der Waals surface area contributed by atoms with Crippen LogP contribution < -0.4 is 4.90 Å². The van der Waals surface area contributed by atoms with E-state index in [1.54, 1.807) is 0 Å². The van der Waals surface area contributed by atoms with Crippen molar-refractivity contribution in [3.8, 4) is 0 Å². The third-order valence-corrected chi connectivity index (χ3v) is 3.89. The van der Waals surface area contributed by atoms with E-state index in [0.29, 0.717) is 6.42 Å². The van der Waals surface area contributed by atoms with Crippen LogP contribution in [-0.2, 0) is 11.2 Å². The number of halogens is 1. The zero-order chi connectivity index (χ0) is 12.1. The molecule has 1 saturated heterocycles. The lowest BCUT2D eigenvalue weighted by Gasteiger charge is -2.29. The fourth-order valence-corrected chi connectivity index (χ4v) is 3.00. The smallest absolute Gasteiger partial charge is 0.120 e. The van der Waals surface area contributed by atoms with Gasteiger partial charge in [0.2, 0.25) is 0 Å². The number of rotatable bonds is 4. The number of benzene rings is 1. The molecule has 0 bridgehead atoms. The van der Waals surface area contributed by atoms with Crippen LogP contribution in [-0.4, -0.2) is 19.4 Å². The summed E-state index contributed by atoms with van der Waals surface area (Å²) in [6.07, 6.45) is 6.36. The van der Waals surface area contributed by atoms with E-state index >= 15 is 0 Å². The molecule has 3 heteroatoms. The molecule has 0 aliphatic carbocycles. The topological polar surface area (TPSA) is 20.3 Å². The van der Waals surface area contributed by atoms with Gasteiger partial charge in [0.05, 0.1) is 5.69 Å². The molecule has 0 spiro atoms. The predicted molar refractivity (Wildman–Crippen MR) is 74.6 cm³/mol. The molecule has 1 heterocycles. The van der Waals surface area contributed by atoms with Crippen LogP contribution in [0.2, 0.25) is 0 Å². The molecule has 0 unspecified atom stereocenters. The maximum absolute atomic E-state index is 10.4. The van der Waals surface area contributed by atoms with Gasteiger partial charge in [0.15, 0.2) is 0 Å². The lowest BCUT2D eigenvalue weighted by atomic mass is 10.1. The molecule has 92 valence electrons. The lowest BCUT2D eigenvalue weighted by Crippen LogP contribution is -2.29. The van der Waals surface area contributed by atoms with E-state index in [0.717, 1.165) is 30.3 Å². The normalized spacial score (nSPS) is 15.9. The van der Waals surface area contributed by atoms with Gasteiger partial charge in [-0.2, -0.15) is 0 Å². The summed E-state index contributed by atoms with van der Waals surface area (Å²) < 4.78 is 1.16. The highest BCUT2D eigenvalue weighted by molar-refractivity contribution is 9.10. The first-order valence-electron chi connectivity index (χ1n) is 6.28. The zero-order valence-electron chi connectivity index (χ0n) is 9.99. The first-order chi connectivity index (χ1) is 8.31. The third-order valence-electron chi connectivity index (χ3n) is 3.26. The Kier molecular flexibility index (Phi) is 4.60. The molecule has 1 aliphatic heterocycles. The zero-order valence-corrected chi connectivity index (χ0v) is 11.6. The average Bonchev–Trinajstić information content (AvgIpc) is 2.37. The van der Waals surface area contributed by atoms with Gasteiger partial charge in [0.25, 0.3) is 0 Å². The van der Waals surface area contributed by atoms with E-state index in [4.69, 9.17) is 0 Å². The molecule has 17 heavy (non-hydrogen) atoms. The Hall–Kier alpha value is -0.830. The van der Waals surface area contributed by atoms with E-state index < -0.39 is 0 Å². The second kappa shape index (κ2) is 6.20. The number of nitrogens with zero attached hydrogens (tertiary/aromatic N) is 1. The number of piperidine rings is 1. The minimum atomic E-state index is 0.607.